The summed E-state index contributed by atoms with van der Waals surface area (Å²) in [6.07, 6.45) is 10.00. The lowest BCUT2D eigenvalue weighted by atomic mass is 10.0. The molecular weight excluding hydrogens is 356 g/mol. The molecule has 2 heterocycles. The number of rotatable bonds is 9. The number of hydrogen-bond acceptors (Lipinski definition) is 6. The highest BCUT2D eigenvalue weighted by Gasteiger charge is 2.29. The Labute approximate surface area is 157 Å². The maximum absolute atomic E-state index is 11.8. The Morgan fingerprint density at radius 3 is 2.92 bits per heavy atom. The maximum atomic E-state index is 11.8. The zero-order chi connectivity index (χ0) is 19.2. The third kappa shape index (κ3) is 4.65. The summed E-state index contributed by atoms with van der Waals surface area (Å²) in [7, 11) is 1.50. The first-order valence-corrected chi connectivity index (χ1v) is 8.79. The lowest BCUT2D eigenvalue weighted by Gasteiger charge is -2.26. The number of carbonyl (C=O) groups is 1. The van der Waals surface area contributed by atoms with Crippen molar-refractivity contribution in [2.75, 3.05) is 19.5 Å². The molecule has 0 saturated heterocycles. The quantitative estimate of drug-likeness (QED) is 0.409. The van der Waals surface area contributed by atoms with Gasteiger partial charge in [-0.3, -0.25) is 4.79 Å². The summed E-state index contributed by atoms with van der Waals surface area (Å²) in [6, 6.07) is 1.82. The molecule has 0 amide bonds. The number of methoxy groups -OCH3 is 1. The highest BCUT2D eigenvalue weighted by atomic mass is 35.5. The van der Waals surface area contributed by atoms with Crippen molar-refractivity contribution in [3.05, 3.63) is 17.5 Å². The first-order chi connectivity index (χ1) is 12.4. The van der Waals surface area contributed by atoms with Crippen molar-refractivity contribution < 1.29 is 14.3 Å². The molecule has 7 nitrogen and oxygen atoms in total. The SMILES string of the molecule is C#CC(CCn1ccc2c(N)nc(Cl)nc21)(COC(=O)CCCC)OC. The molecule has 1 atom stereocenters. The van der Waals surface area contributed by atoms with Crippen molar-refractivity contribution in [2.24, 2.45) is 0 Å². The second-order valence-corrected chi connectivity index (χ2v) is 6.32. The number of fused-ring (bicyclic) bond motifs is 1. The minimum Gasteiger partial charge on any atom is -0.462 e. The molecule has 140 valence electrons. The number of terminal acetylenes is 1. The lowest BCUT2D eigenvalue weighted by Crippen LogP contribution is -2.37. The van der Waals surface area contributed by atoms with Crippen LogP contribution < -0.4 is 5.73 Å². The molecule has 2 aromatic heterocycles. The summed E-state index contributed by atoms with van der Waals surface area (Å²) in [5.41, 5.74) is 5.46. The molecular formula is C18H23ClN4O3. The van der Waals surface area contributed by atoms with Crippen LogP contribution in [0.25, 0.3) is 11.0 Å². The van der Waals surface area contributed by atoms with Crippen molar-refractivity contribution in [3.8, 4) is 12.3 Å². The van der Waals surface area contributed by atoms with Gasteiger partial charge < -0.3 is 19.8 Å². The third-order valence-corrected chi connectivity index (χ3v) is 4.40. The summed E-state index contributed by atoms with van der Waals surface area (Å²) in [5, 5.41) is 0.791. The van der Waals surface area contributed by atoms with Gasteiger partial charge in [0.15, 0.2) is 5.60 Å². The smallest absolute Gasteiger partial charge is 0.305 e. The molecule has 1 unspecified atom stereocenters. The molecule has 2 aromatic rings. The van der Waals surface area contributed by atoms with Crippen LogP contribution >= 0.6 is 11.6 Å². The largest absolute Gasteiger partial charge is 0.462 e. The molecule has 2 N–H and O–H groups in total. The van der Waals surface area contributed by atoms with Crippen molar-refractivity contribution in [2.45, 2.75) is 44.8 Å². The molecule has 0 radical (unpaired) electrons. The molecule has 0 saturated carbocycles. The zero-order valence-corrected chi connectivity index (χ0v) is 15.8. The van der Waals surface area contributed by atoms with Crippen molar-refractivity contribution >= 4 is 34.4 Å². The fourth-order valence-corrected chi connectivity index (χ4v) is 2.71. The van der Waals surface area contributed by atoms with E-state index < -0.39 is 5.60 Å². The fraction of sp³-hybridized carbons (Fsp3) is 0.500. The number of unbranched alkanes of at least 4 members (excludes halogenated alkanes) is 1. The van der Waals surface area contributed by atoms with Crippen LogP contribution in [0.15, 0.2) is 12.3 Å². The van der Waals surface area contributed by atoms with Gasteiger partial charge in [-0.1, -0.05) is 19.3 Å². The minimum absolute atomic E-state index is 0.000369. The van der Waals surface area contributed by atoms with E-state index in [1.165, 1.54) is 7.11 Å². The molecule has 8 heteroatoms. The lowest BCUT2D eigenvalue weighted by molar-refractivity contribution is -0.150. The molecule has 0 aromatic carbocycles. The second-order valence-electron chi connectivity index (χ2n) is 5.98. The fourth-order valence-electron chi connectivity index (χ4n) is 2.54. The van der Waals surface area contributed by atoms with E-state index in [-0.39, 0.29) is 17.9 Å². The van der Waals surface area contributed by atoms with E-state index in [0.717, 1.165) is 12.8 Å². The van der Waals surface area contributed by atoms with Crippen LogP contribution in [0, 0.1) is 12.3 Å². The van der Waals surface area contributed by atoms with Gasteiger partial charge >= 0.3 is 5.97 Å². The van der Waals surface area contributed by atoms with Gasteiger partial charge in [0.2, 0.25) is 5.28 Å². The number of ether oxygens (including phenoxy) is 2. The van der Waals surface area contributed by atoms with Crippen molar-refractivity contribution in [1.29, 1.82) is 0 Å². The number of halogens is 1. The van der Waals surface area contributed by atoms with Crippen LogP contribution in [-0.2, 0) is 20.8 Å². The number of esters is 1. The van der Waals surface area contributed by atoms with E-state index in [9.17, 15) is 4.79 Å². The van der Waals surface area contributed by atoms with Gasteiger partial charge in [0.05, 0.1) is 5.39 Å². The highest BCUT2D eigenvalue weighted by Crippen LogP contribution is 2.23. The predicted octanol–water partition coefficient (Wildman–Crippen LogP) is 2.81. The molecule has 0 spiro atoms. The average molecular weight is 379 g/mol. The highest BCUT2D eigenvalue weighted by molar-refractivity contribution is 6.28. The van der Waals surface area contributed by atoms with Crippen LogP contribution in [0.4, 0.5) is 5.82 Å². The minimum atomic E-state index is -1.01. The van der Waals surface area contributed by atoms with E-state index in [1.807, 2.05) is 23.8 Å². The summed E-state index contributed by atoms with van der Waals surface area (Å²) in [4.78, 5) is 19.9. The van der Waals surface area contributed by atoms with Gasteiger partial charge in [0, 0.05) is 32.7 Å². The van der Waals surface area contributed by atoms with E-state index in [4.69, 9.17) is 33.2 Å². The van der Waals surface area contributed by atoms with Crippen LogP contribution in [0.5, 0.6) is 0 Å². The van der Waals surface area contributed by atoms with Crippen LogP contribution in [0.1, 0.15) is 32.6 Å². The molecule has 2 rings (SSSR count). The number of nitrogens with zero attached hydrogens (tertiary/aromatic N) is 3. The van der Waals surface area contributed by atoms with E-state index >= 15 is 0 Å². The molecule has 0 bridgehead atoms. The van der Waals surface area contributed by atoms with E-state index in [0.29, 0.717) is 36.2 Å². The summed E-state index contributed by atoms with van der Waals surface area (Å²) >= 11 is 5.89. The van der Waals surface area contributed by atoms with Crippen LogP contribution in [0.3, 0.4) is 0 Å². The Bertz CT molecular complexity index is 815. The Morgan fingerprint density at radius 1 is 1.50 bits per heavy atom. The predicted molar refractivity (Wildman–Crippen MR) is 101 cm³/mol. The number of carbonyl (C=O) groups excluding carboxylic acids is 1. The van der Waals surface area contributed by atoms with Crippen LogP contribution in [0.2, 0.25) is 5.28 Å². The first-order valence-electron chi connectivity index (χ1n) is 8.41. The van der Waals surface area contributed by atoms with Crippen molar-refractivity contribution in [3.63, 3.8) is 0 Å². The number of anilines is 1. The van der Waals surface area contributed by atoms with E-state index in [1.54, 1.807) is 0 Å². The number of nitrogens with two attached hydrogens (primary N) is 1. The standard InChI is InChI=1S/C18H23ClN4O3/c1-4-6-7-14(24)26-12-18(5-2,25-3)9-11-23-10-8-13-15(20)21-17(19)22-16(13)23/h2,8,10H,4,6-7,9,11-12H2,1,3H3,(H2,20,21,22). The number of aryl methyl sites for hydroxylation is 1. The van der Waals surface area contributed by atoms with Crippen molar-refractivity contribution in [1.82, 2.24) is 14.5 Å². The third-order valence-electron chi connectivity index (χ3n) is 4.23. The van der Waals surface area contributed by atoms with Crippen LogP contribution in [-0.4, -0.2) is 39.8 Å². The number of nitrogen functional groups attached to an aromatic ring is 1. The maximum Gasteiger partial charge on any atom is 0.305 e. The molecule has 26 heavy (non-hydrogen) atoms. The average Bonchev–Trinajstić information content (AvgIpc) is 3.04. The van der Waals surface area contributed by atoms with Gasteiger partial charge in [-0.15, -0.1) is 6.42 Å². The Hall–Kier alpha value is -2.30. The van der Waals surface area contributed by atoms with Gasteiger partial charge in [-0.2, -0.15) is 4.98 Å². The molecule has 0 fully saturated rings. The van der Waals surface area contributed by atoms with Gasteiger partial charge in [-0.25, -0.2) is 4.98 Å². The molecule has 0 aliphatic rings. The Kier molecular flexibility index (Phi) is 6.83. The molecule has 0 aliphatic carbocycles. The Morgan fingerprint density at radius 2 is 2.27 bits per heavy atom. The zero-order valence-electron chi connectivity index (χ0n) is 15.0. The number of aromatic nitrogens is 3. The normalized spacial score (nSPS) is 13.3. The first kappa shape index (κ1) is 20.0. The van der Waals surface area contributed by atoms with Gasteiger partial charge in [0.1, 0.15) is 18.1 Å². The molecule has 0 aliphatic heterocycles. The Balaban J connectivity index is 2.09. The second kappa shape index (κ2) is 8.88. The summed E-state index contributed by atoms with van der Waals surface area (Å²) < 4.78 is 12.7. The van der Waals surface area contributed by atoms with E-state index in [2.05, 4.69) is 15.9 Å². The monoisotopic (exact) mass is 378 g/mol. The topological polar surface area (TPSA) is 92.3 Å². The summed E-state index contributed by atoms with van der Waals surface area (Å²) in [5.74, 6) is 2.66. The summed E-state index contributed by atoms with van der Waals surface area (Å²) in [6.45, 7) is 2.50. The number of hydrogen-bond donors (Lipinski definition) is 1. The van der Waals surface area contributed by atoms with Gasteiger partial charge in [0.25, 0.3) is 0 Å². The van der Waals surface area contributed by atoms with Gasteiger partial charge in [-0.05, 0) is 24.1 Å².